The van der Waals surface area contributed by atoms with Crippen molar-refractivity contribution in [3.63, 3.8) is 0 Å². The van der Waals surface area contributed by atoms with E-state index in [1.165, 1.54) is 0 Å². The number of nitrogens with zero attached hydrogens (tertiary/aromatic N) is 2. The van der Waals surface area contributed by atoms with E-state index in [0.29, 0.717) is 41.9 Å². The fourth-order valence-corrected chi connectivity index (χ4v) is 4.09. The molecule has 3 heterocycles. The van der Waals surface area contributed by atoms with E-state index in [-0.39, 0.29) is 24.8 Å². The highest BCUT2D eigenvalue weighted by Gasteiger charge is 2.37. The summed E-state index contributed by atoms with van der Waals surface area (Å²) in [5.41, 5.74) is 4.14. The highest BCUT2D eigenvalue weighted by Crippen LogP contribution is 2.39. The molecule has 0 spiro atoms. The van der Waals surface area contributed by atoms with Crippen LogP contribution < -0.4 is 20.1 Å². The van der Waals surface area contributed by atoms with E-state index < -0.39 is 6.04 Å². The van der Waals surface area contributed by atoms with E-state index in [1.807, 2.05) is 31.2 Å². The predicted octanol–water partition coefficient (Wildman–Crippen LogP) is 3.30. The number of nitrogens with one attached hydrogen (secondary N) is 2. The van der Waals surface area contributed by atoms with Gasteiger partial charge in [0.15, 0.2) is 11.5 Å². The molecular formula is C24H24N4O5. The average Bonchev–Trinajstić information content (AvgIpc) is 3.29. The molecule has 2 amide bonds. The molecule has 0 bridgehead atoms. The van der Waals surface area contributed by atoms with Crippen LogP contribution in [0.3, 0.4) is 0 Å². The first-order valence-electron chi connectivity index (χ1n) is 10.7. The van der Waals surface area contributed by atoms with Crippen molar-refractivity contribution in [2.45, 2.75) is 26.0 Å². The minimum Gasteiger partial charge on any atom is -0.486 e. The van der Waals surface area contributed by atoms with E-state index in [0.717, 1.165) is 16.7 Å². The second kappa shape index (κ2) is 8.59. The summed E-state index contributed by atoms with van der Waals surface area (Å²) in [6, 6.07) is 12.4. The van der Waals surface area contributed by atoms with Crippen LogP contribution in [0.15, 0.2) is 42.5 Å². The first-order valence-corrected chi connectivity index (χ1v) is 10.7. The molecule has 0 aliphatic carbocycles. The molecule has 33 heavy (non-hydrogen) atoms. The fraction of sp³-hybridized carbons (Fsp3) is 0.292. The number of hydrogen-bond donors (Lipinski definition) is 2. The minimum atomic E-state index is -0.757. The lowest BCUT2D eigenvalue weighted by Crippen LogP contribution is -2.24. The maximum Gasteiger partial charge on any atom is 0.251 e. The number of rotatable bonds is 6. The van der Waals surface area contributed by atoms with Crippen molar-refractivity contribution in [1.29, 1.82) is 0 Å². The summed E-state index contributed by atoms with van der Waals surface area (Å²) in [4.78, 5) is 25.5. The van der Waals surface area contributed by atoms with Gasteiger partial charge in [-0.2, -0.15) is 5.10 Å². The highest BCUT2D eigenvalue weighted by atomic mass is 16.6. The molecule has 9 heteroatoms. The molecule has 2 aromatic carbocycles. The Balaban J connectivity index is 1.38. The Labute approximate surface area is 190 Å². The number of methoxy groups -OCH3 is 1. The van der Waals surface area contributed by atoms with Crippen LogP contribution in [0.1, 0.15) is 23.7 Å². The largest absolute Gasteiger partial charge is 0.486 e. The minimum absolute atomic E-state index is 0.0608. The van der Waals surface area contributed by atoms with Crippen LogP contribution in [0.4, 0.5) is 11.5 Å². The topological polar surface area (TPSA) is 104 Å². The third-order valence-electron chi connectivity index (χ3n) is 5.65. The molecular weight excluding hydrogens is 424 g/mol. The summed E-state index contributed by atoms with van der Waals surface area (Å²) < 4.78 is 18.0. The van der Waals surface area contributed by atoms with Gasteiger partial charge in [-0.25, -0.2) is 4.68 Å². The number of amides is 2. The van der Waals surface area contributed by atoms with Crippen molar-refractivity contribution < 1.29 is 23.8 Å². The van der Waals surface area contributed by atoms with E-state index in [1.54, 1.807) is 30.0 Å². The lowest BCUT2D eigenvalue weighted by atomic mass is 10.0. The quantitative estimate of drug-likeness (QED) is 0.600. The molecule has 1 atom stereocenters. The summed E-state index contributed by atoms with van der Waals surface area (Å²) in [6.07, 6.45) is -0.0608. The zero-order chi connectivity index (χ0) is 22.9. The molecule has 170 valence electrons. The number of aromatic nitrogens is 2. The normalized spacial score (nSPS) is 16.3. The third kappa shape index (κ3) is 4.03. The Morgan fingerprint density at radius 2 is 1.94 bits per heavy atom. The number of fused-ring (bicyclic) bond motifs is 2. The molecule has 2 aliphatic rings. The van der Waals surface area contributed by atoms with Crippen molar-refractivity contribution in [3.8, 4) is 22.6 Å². The Morgan fingerprint density at radius 3 is 2.70 bits per heavy atom. The molecule has 1 unspecified atom stereocenters. The molecule has 0 radical (unpaired) electrons. The number of aryl methyl sites for hydroxylation is 1. The van der Waals surface area contributed by atoms with Crippen molar-refractivity contribution in [2.24, 2.45) is 0 Å². The van der Waals surface area contributed by atoms with Crippen LogP contribution in [0.2, 0.25) is 0 Å². The van der Waals surface area contributed by atoms with Crippen LogP contribution in [-0.4, -0.2) is 41.9 Å². The average molecular weight is 448 g/mol. The molecule has 9 nitrogen and oxygen atoms in total. The molecule has 0 fully saturated rings. The van der Waals surface area contributed by atoms with E-state index >= 15 is 0 Å². The van der Waals surface area contributed by atoms with Crippen LogP contribution in [-0.2, 0) is 20.9 Å². The number of carbonyl (C=O) groups is 2. The van der Waals surface area contributed by atoms with Crippen molar-refractivity contribution >= 4 is 23.3 Å². The van der Waals surface area contributed by atoms with Gasteiger partial charge in [0.1, 0.15) is 25.1 Å². The van der Waals surface area contributed by atoms with Gasteiger partial charge in [0.25, 0.3) is 5.91 Å². The lowest BCUT2D eigenvalue weighted by molar-refractivity contribution is -0.123. The number of hydrogen-bond acceptors (Lipinski definition) is 6. The maximum atomic E-state index is 12.8. The first kappa shape index (κ1) is 21.0. The maximum absolute atomic E-state index is 12.8. The Kier molecular flexibility index (Phi) is 5.47. The Bertz CT molecular complexity index is 1220. The summed E-state index contributed by atoms with van der Waals surface area (Å²) in [7, 11) is 1.60. The number of benzene rings is 2. The van der Waals surface area contributed by atoms with Gasteiger partial charge in [-0.1, -0.05) is 29.8 Å². The van der Waals surface area contributed by atoms with Gasteiger partial charge in [-0.05, 0) is 24.6 Å². The fourth-order valence-electron chi connectivity index (χ4n) is 4.09. The van der Waals surface area contributed by atoms with Crippen molar-refractivity contribution in [1.82, 2.24) is 9.78 Å². The SMILES string of the molecule is COCc1nn2c(c1-c1ccc(C)cc1)NC(=O)C2CC(=O)Nc1ccc2c(c1)OCCO2. The van der Waals surface area contributed by atoms with Gasteiger partial charge in [-0.15, -0.1) is 0 Å². The Hall–Kier alpha value is -3.85. The monoisotopic (exact) mass is 448 g/mol. The van der Waals surface area contributed by atoms with Gasteiger partial charge < -0.3 is 24.8 Å². The smallest absolute Gasteiger partial charge is 0.251 e. The van der Waals surface area contributed by atoms with E-state index in [4.69, 9.17) is 14.2 Å². The zero-order valence-electron chi connectivity index (χ0n) is 18.4. The Morgan fingerprint density at radius 1 is 1.18 bits per heavy atom. The molecule has 0 saturated heterocycles. The van der Waals surface area contributed by atoms with Crippen LogP contribution in [0.25, 0.3) is 11.1 Å². The van der Waals surface area contributed by atoms with Crippen LogP contribution in [0.5, 0.6) is 11.5 Å². The third-order valence-corrected chi connectivity index (χ3v) is 5.65. The van der Waals surface area contributed by atoms with Crippen LogP contribution >= 0.6 is 0 Å². The zero-order valence-corrected chi connectivity index (χ0v) is 18.4. The number of ether oxygens (including phenoxy) is 3. The van der Waals surface area contributed by atoms with Crippen LogP contribution in [0, 0.1) is 6.92 Å². The van der Waals surface area contributed by atoms with E-state index in [2.05, 4.69) is 15.7 Å². The van der Waals surface area contributed by atoms with E-state index in [9.17, 15) is 9.59 Å². The predicted molar refractivity (Wildman–Crippen MR) is 121 cm³/mol. The molecule has 0 saturated carbocycles. The standard InChI is InChI=1S/C24H24N4O5/c1-14-3-5-15(6-4-14)22-17(13-31-2)27-28-18(24(30)26-23(22)28)12-21(29)25-16-7-8-19-20(11-16)33-10-9-32-19/h3-8,11,18H,9-10,12-13H2,1-2H3,(H,25,29)(H,26,30). The summed E-state index contributed by atoms with van der Waals surface area (Å²) in [6.45, 7) is 3.26. The molecule has 2 N–H and O–H groups in total. The van der Waals surface area contributed by atoms with Crippen molar-refractivity contribution in [3.05, 3.63) is 53.7 Å². The molecule has 3 aromatic rings. The number of anilines is 2. The second-order valence-electron chi connectivity index (χ2n) is 8.03. The second-order valence-corrected chi connectivity index (χ2v) is 8.03. The van der Waals surface area contributed by atoms with Gasteiger partial charge in [0.05, 0.1) is 18.7 Å². The molecule has 1 aromatic heterocycles. The van der Waals surface area contributed by atoms with Gasteiger partial charge in [-0.3, -0.25) is 9.59 Å². The van der Waals surface area contributed by atoms with Crippen molar-refractivity contribution in [2.75, 3.05) is 31.0 Å². The number of carbonyl (C=O) groups excluding carboxylic acids is 2. The van der Waals surface area contributed by atoms with Gasteiger partial charge in [0.2, 0.25) is 5.91 Å². The highest BCUT2D eigenvalue weighted by molar-refractivity contribution is 6.04. The lowest BCUT2D eigenvalue weighted by Gasteiger charge is -2.19. The summed E-state index contributed by atoms with van der Waals surface area (Å²) >= 11 is 0. The summed E-state index contributed by atoms with van der Waals surface area (Å²) in [5, 5.41) is 10.4. The van der Waals surface area contributed by atoms with Gasteiger partial charge >= 0.3 is 0 Å². The molecule has 5 rings (SSSR count). The molecule has 2 aliphatic heterocycles. The van der Waals surface area contributed by atoms with Gasteiger partial charge in [0, 0.05) is 24.4 Å². The first-order chi connectivity index (χ1) is 16.0. The summed E-state index contributed by atoms with van der Waals surface area (Å²) in [5.74, 6) is 1.23.